The summed E-state index contributed by atoms with van der Waals surface area (Å²) in [6.45, 7) is 7.64. The highest BCUT2D eigenvalue weighted by Gasteiger charge is 2.13. The second kappa shape index (κ2) is 6.21. The van der Waals surface area contributed by atoms with E-state index in [0.29, 0.717) is 0 Å². The van der Waals surface area contributed by atoms with E-state index in [4.69, 9.17) is 9.72 Å². The molecular formula is C20H21N3O. The van der Waals surface area contributed by atoms with Crippen molar-refractivity contribution in [2.45, 2.75) is 13.8 Å². The number of ether oxygens (including phenoxy) is 1. The first-order valence-electron chi connectivity index (χ1n) is 8.39. The SMILES string of the molecule is Cc1cccc(-c2cc(C)c3cc(N4CCOCC4)ccc3n2)n1. The summed E-state index contributed by atoms with van der Waals surface area (Å²) in [6, 6.07) is 14.7. The summed E-state index contributed by atoms with van der Waals surface area (Å²) in [4.78, 5) is 11.8. The largest absolute Gasteiger partial charge is 0.378 e. The number of aryl methyl sites for hydroxylation is 2. The number of benzene rings is 1. The van der Waals surface area contributed by atoms with Crippen molar-refractivity contribution >= 4 is 16.6 Å². The summed E-state index contributed by atoms with van der Waals surface area (Å²) in [5, 5.41) is 1.20. The number of hydrogen-bond donors (Lipinski definition) is 0. The van der Waals surface area contributed by atoms with Crippen molar-refractivity contribution in [2.24, 2.45) is 0 Å². The Hall–Kier alpha value is -2.46. The lowest BCUT2D eigenvalue weighted by molar-refractivity contribution is 0.122. The van der Waals surface area contributed by atoms with Crippen LogP contribution in [0.1, 0.15) is 11.3 Å². The van der Waals surface area contributed by atoms with Crippen molar-refractivity contribution in [3.05, 3.63) is 53.7 Å². The predicted octanol–water partition coefficient (Wildman–Crippen LogP) is 3.75. The fraction of sp³-hybridized carbons (Fsp3) is 0.300. The van der Waals surface area contributed by atoms with Crippen LogP contribution in [0.3, 0.4) is 0 Å². The molecule has 0 radical (unpaired) electrons. The Kier molecular flexibility index (Phi) is 3.90. The van der Waals surface area contributed by atoms with Gasteiger partial charge in [-0.2, -0.15) is 0 Å². The maximum atomic E-state index is 5.45. The summed E-state index contributed by atoms with van der Waals surface area (Å²) in [6.07, 6.45) is 0. The molecule has 24 heavy (non-hydrogen) atoms. The van der Waals surface area contributed by atoms with Gasteiger partial charge in [-0.1, -0.05) is 6.07 Å². The molecule has 1 aliphatic rings. The number of hydrogen-bond acceptors (Lipinski definition) is 4. The second-order valence-electron chi connectivity index (χ2n) is 6.29. The van der Waals surface area contributed by atoms with Crippen molar-refractivity contribution in [1.82, 2.24) is 9.97 Å². The smallest absolute Gasteiger partial charge is 0.0896 e. The van der Waals surface area contributed by atoms with Crippen LogP contribution in [0.15, 0.2) is 42.5 Å². The average Bonchev–Trinajstić information content (AvgIpc) is 2.62. The molecule has 4 rings (SSSR count). The number of aromatic nitrogens is 2. The second-order valence-corrected chi connectivity index (χ2v) is 6.29. The van der Waals surface area contributed by atoms with Gasteiger partial charge in [0.1, 0.15) is 0 Å². The van der Waals surface area contributed by atoms with Crippen LogP contribution in [0.4, 0.5) is 5.69 Å². The van der Waals surface area contributed by atoms with E-state index in [9.17, 15) is 0 Å². The van der Waals surface area contributed by atoms with Gasteiger partial charge in [0.25, 0.3) is 0 Å². The molecule has 0 unspecified atom stereocenters. The highest BCUT2D eigenvalue weighted by Crippen LogP contribution is 2.27. The highest BCUT2D eigenvalue weighted by molar-refractivity contribution is 5.87. The van der Waals surface area contributed by atoms with Crippen LogP contribution < -0.4 is 4.90 Å². The number of anilines is 1. The Morgan fingerprint density at radius 1 is 0.917 bits per heavy atom. The van der Waals surface area contributed by atoms with E-state index in [1.165, 1.54) is 16.6 Å². The first-order chi connectivity index (χ1) is 11.7. The molecule has 122 valence electrons. The molecule has 0 N–H and O–H groups in total. The molecule has 1 aliphatic heterocycles. The van der Waals surface area contributed by atoms with Crippen LogP contribution in [0.5, 0.6) is 0 Å². The Morgan fingerprint density at radius 3 is 2.54 bits per heavy atom. The molecule has 1 fully saturated rings. The molecule has 1 saturated heterocycles. The van der Waals surface area contributed by atoms with Gasteiger partial charge in [0, 0.05) is 29.9 Å². The van der Waals surface area contributed by atoms with Gasteiger partial charge in [-0.05, 0) is 55.8 Å². The number of morpholine rings is 1. The van der Waals surface area contributed by atoms with E-state index in [0.717, 1.165) is 48.9 Å². The lowest BCUT2D eigenvalue weighted by Crippen LogP contribution is -2.36. The lowest BCUT2D eigenvalue weighted by atomic mass is 10.1. The van der Waals surface area contributed by atoms with Gasteiger partial charge in [-0.3, -0.25) is 4.98 Å². The topological polar surface area (TPSA) is 38.2 Å². The molecular weight excluding hydrogens is 298 g/mol. The third-order valence-electron chi connectivity index (χ3n) is 4.53. The summed E-state index contributed by atoms with van der Waals surface area (Å²) < 4.78 is 5.45. The molecule has 0 atom stereocenters. The highest BCUT2D eigenvalue weighted by atomic mass is 16.5. The van der Waals surface area contributed by atoms with Gasteiger partial charge in [0.2, 0.25) is 0 Å². The number of fused-ring (bicyclic) bond motifs is 1. The van der Waals surface area contributed by atoms with E-state index in [-0.39, 0.29) is 0 Å². The molecule has 0 spiro atoms. The van der Waals surface area contributed by atoms with Crippen LogP contribution in [-0.2, 0) is 4.74 Å². The van der Waals surface area contributed by atoms with Gasteiger partial charge in [-0.15, -0.1) is 0 Å². The van der Waals surface area contributed by atoms with E-state index < -0.39 is 0 Å². The molecule has 3 heterocycles. The van der Waals surface area contributed by atoms with Crippen LogP contribution in [-0.4, -0.2) is 36.3 Å². The third-order valence-corrected chi connectivity index (χ3v) is 4.53. The van der Waals surface area contributed by atoms with Gasteiger partial charge in [-0.25, -0.2) is 4.98 Å². The number of rotatable bonds is 2. The molecule has 1 aromatic carbocycles. The van der Waals surface area contributed by atoms with Crippen molar-refractivity contribution < 1.29 is 4.74 Å². The zero-order valence-electron chi connectivity index (χ0n) is 14.1. The first-order valence-corrected chi connectivity index (χ1v) is 8.39. The molecule has 3 aromatic rings. The average molecular weight is 319 g/mol. The van der Waals surface area contributed by atoms with Gasteiger partial charge in [0.05, 0.1) is 30.1 Å². The van der Waals surface area contributed by atoms with Gasteiger partial charge < -0.3 is 9.64 Å². The molecule has 0 bridgehead atoms. The fourth-order valence-corrected chi connectivity index (χ4v) is 3.22. The fourth-order valence-electron chi connectivity index (χ4n) is 3.22. The first kappa shape index (κ1) is 15.1. The van der Waals surface area contributed by atoms with Crippen LogP contribution in [0.2, 0.25) is 0 Å². The van der Waals surface area contributed by atoms with Crippen LogP contribution >= 0.6 is 0 Å². The zero-order valence-corrected chi connectivity index (χ0v) is 14.1. The quantitative estimate of drug-likeness (QED) is 0.721. The van der Waals surface area contributed by atoms with E-state index in [1.54, 1.807) is 0 Å². The maximum absolute atomic E-state index is 5.45. The Morgan fingerprint density at radius 2 is 1.75 bits per heavy atom. The van der Waals surface area contributed by atoms with Crippen molar-refractivity contribution in [3.63, 3.8) is 0 Å². The monoisotopic (exact) mass is 319 g/mol. The molecule has 0 saturated carbocycles. The summed E-state index contributed by atoms with van der Waals surface area (Å²) in [7, 11) is 0. The minimum atomic E-state index is 0.799. The minimum absolute atomic E-state index is 0.799. The van der Waals surface area contributed by atoms with E-state index in [2.05, 4.69) is 41.1 Å². The minimum Gasteiger partial charge on any atom is -0.378 e. The molecule has 0 aliphatic carbocycles. The zero-order chi connectivity index (χ0) is 16.5. The molecule has 4 heteroatoms. The van der Waals surface area contributed by atoms with Crippen molar-refractivity contribution in [1.29, 1.82) is 0 Å². The van der Waals surface area contributed by atoms with E-state index in [1.807, 2.05) is 25.1 Å². The summed E-state index contributed by atoms with van der Waals surface area (Å²) in [5.74, 6) is 0. The number of nitrogens with zero attached hydrogens (tertiary/aromatic N) is 3. The van der Waals surface area contributed by atoms with Crippen LogP contribution in [0, 0.1) is 13.8 Å². The van der Waals surface area contributed by atoms with Gasteiger partial charge in [0.15, 0.2) is 0 Å². The Bertz CT molecular complexity index is 885. The number of pyridine rings is 2. The third kappa shape index (κ3) is 2.85. The Balaban J connectivity index is 1.76. The lowest BCUT2D eigenvalue weighted by Gasteiger charge is -2.29. The predicted molar refractivity (Wildman–Crippen MR) is 97.5 cm³/mol. The Labute approximate surface area is 142 Å². The summed E-state index contributed by atoms with van der Waals surface area (Å²) >= 11 is 0. The normalized spacial score (nSPS) is 15.0. The summed E-state index contributed by atoms with van der Waals surface area (Å²) in [5.41, 5.74) is 6.37. The van der Waals surface area contributed by atoms with Crippen molar-refractivity contribution in [3.8, 4) is 11.4 Å². The van der Waals surface area contributed by atoms with Crippen LogP contribution in [0.25, 0.3) is 22.3 Å². The van der Waals surface area contributed by atoms with Crippen molar-refractivity contribution in [2.75, 3.05) is 31.2 Å². The van der Waals surface area contributed by atoms with E-state index >= 15 is 0 Å². The molecule has 2 aromatic heterocycles. The standard InChI is InChI=1S/C20H21N3O/c1-14-12-20(19-5-3-4-15(2)21-19)22-18-7-6-16(13-17(14)18)23-8-10-24-11-9-23/h3-7,12-13H,8-11H2,1-2H3. The molecule has 4 nitrogen and oxygen atoms in total. The van der Waals surface area contributed by atoms with Gasteiger partial charge >= 0.3 is 0 Å². The maximum Gasteiger partial charge on any atom is 0.0896 e. The molecule has 0 amide bonds.